The van der Waals surface area contributed by atoms with E-state index < -0.39 is 5.60 Å². The van der Waals surface area contributed by atoms with Crippen molar-refractivity contribution in [1.82, 2.24) is 0 Å². The molecular weight excluding hydrogens is 184 g/mol. The highest BCUT2D eigenvalue weighted by atomic mass is 16.3. The lowest BCUT2D eigenvalue weighted by Gasteiger charge is -2.21. The largest absolute Gasteiger partial charge is 0.390 e. The lowest BCUT2D eigenvalue weighted by atomic mass is 9.94. The van der Waals surface area contributed by atoms with E-state index in [1.165, 1.54) is 11.1 Å². The van der Waals surface area contributed by atoms with Crippen molar-refractivity contribution in [3.63, 3.8) is 0 Å². The first-order chi connectivity index (χ1) is 7.03. The van der Waals surface area contributed by atoms with E-state index in [1.807, 2.05) is 32.0 Å². The fourth-order valence-corrected chi connectivity index (χ4v) is 1.61. The van der Waals surface area contributed by atoms with Crippen LogP contribution in [-0.4, -0.2) is 10.7 Å². The Labute approximate surface area is 92.5 Å². The standard InChI is InChI=1S/C14H20O/c1-4-14(3,15)11-12(2)10-13-8-6-5-7-9-13/h5-10,15H,4,11H2,1-3H3/b12-10+. The summed E-state index contributed by atoms with van der Waals surface area (Å²) in [6.45, 7) is 5.96. The molecule has 0 aliphatic carbocycles. The molecule has 1 atom stereocenters. The molecule has 1 heteroatoms. The molecule has 0 spiro atoms. The summed E-state index contributed by atoms with van der Waals surface area (Å²) in [6.07, 6.45) is 3.65. The summed E-state index contributed by atoms with van der Waals surface area (Å²) in [5.41, 5.74) is 1.84. The van der Waals surface area contributed by atoms with Gasteiger partial charge in [-0.05, 0) is 32.3 Å². The summed E-state index contributed by atoms with van der Waals surface area (Å²) in [5, 5.41) is 9.93. The van der Waals surface area contributed by atoms with Crippen molar-refractivity contribution < 1.29 is 5.11 Å². The van der Waals surface area contributed by atoms with E-state index in [9.17, 15) is 5.11 Å². The Balaban J connectivity index is 2.69. The predicted molar refractivity (Wildman–Crippen MR) is 65.6 cm³/mol. The SMILES string of the molecule is CCC(C)(O)C/C(C)=C/c1ccccc1. The molecule has 1 unspecified atom stereocenters. The molecule has 15 heavy (non-hydrogen) atoms. The zero-order chi connectivity index (χ0) is 11.3. The second-order valence-corrected chi connectivity index (χ2v) is 4.43. The van der Waals surface area contributed by atoms with Crippen LogP contribution in [0.4, 0.5) is 0 Å². The first-order valence-electron chi connectivity index (χ1n) is 5.48. The Morgan fingerprint density at radius 3 is 2.47 bits per heavy atom. The molecule has 0 bridgehead atoms. The maximum atomic E-state index is 9.93. The minimum Gasteiger partial charge on any atom is -0.390 e. The van der Waals surface area contributed by atoms with Gasteiger partial charge in [0.1, 0.15) is 0 Å². The van der Waals surface area contributed by atoms with Crippen molar-refractivity contribution in [1.29, 1.82) is 0 Å². The van der Waals surface area contributed by atoms with E-state index in [1.54, 1.807) is 0 Å². The highest BCUT2D eigenvalue weighted by Gasteiger charge is 2.17. The molecule has 1 nitrogen and oxygen atoms in total. The zero-order valence-corrected chi connectivity index (χ0v) is 9.83. The molecule has 0 saturated heterocycles. The number of hydrogen-bond acceptors (Lipinski definition) is 1. The highest BCUT2D eigenvalue weighted by molar-refractivity contribution is 5.52. The molecule has 0 aliphatic rings. The van der Waals surface area contributed by atoms with Gasteiger partial charge in [0.25, 0.3) is 0 Å². The average Bonchev–Trinajstić information content (AvgIpc) is 2.18. The van der Waals surface area contributed by atoms with Crippen LogP contribution < -0.4 is 0 Å². The average molecular weight is 204 g/mol. The third-order valence-electron chi connectivity index (χ3n) is 2.63. The summed E-state index contributed by atoms with van der Waals surface area (Å²) >= 11 is 0. The summed E-state index contributed by atoms with van der Waals surface area (Å²) in [7, 11) is 0. The van der Waals surface area contributed by atoms with Gasteiger partial charge in [-0.15, -0.1) is 0 Å². The molecule has 0 heterocycles. The van der Waals surface area contributed by atoms with Crippen LogP contribution in [0.25, 0.3) is 6.08 Å². The number of rotatable bonds is 4. The first-order valence-corrected chi connectivity index (χ1v) is 5.48. The van der Waals surface area contributed by atoms with Gasteiger partial charge in [0.2, 0.25) is 0 Å². The molecule has 0 aliphatic heterocycles. The fraction of sp³-hybridized carbons (Fsp3) is 0.429. The van der Waals surface area contributed by atoms with Crippen molar-refractivity contribution in [3.05, 3.63) is 41.5 Å². The van der Waals surface area contributed by atoms with Gasteiger partial charge in [0.15, 0.2) is 0 Å². The predicted octanol–water partition coefficient (Wildman–Crippen LogP) is 3.64. The second kappa shape index (κ2) is 5.13. The minimum atomic E-state index is -0.574. The third-order valence-corrected chi connectivity index (χ3v) is 2.63. The maximum absolute atomic E-state index is 9.93. The Hall–Kier alpha value is -1.08. The molecule has 1 aromatic carbocycles. The van der Waals surface area contributed by atoms with Gasteiger partial charge in [-0.25, -0.2) is 0 Å². The first kappa shape index (κ1) is 12.0. The van der Waals surface area contributed by atoms with Gasteiger partial charge in [-0.2, -0.15) is 0 Å². The molecule has 0 radical (unpaired) electrons. The van der Waals surface area contributed by atoms with Gasteiger partial charge in [-0.1, -0.05) is 48.9 Å². The smallest absolute Gasteiger partial charge is 0.0654 e. The van der Waals surface area contributed by atoms with Crippen molar-refractivity contribution in [2.24, 2.45) is 0 Å². The van der Waals surface area contributed by atoms with E-state index in [-0.39, 0.29) is 0 Å². The summed E-state index contributed by atoms with van der Waals surface area (Å²) in [5.74, 6) is 0. The van der Waals surface area contributed by atoms with Crippen molar-refractivity contribution in [3.8, 4) is 0 Å². The molecule has 82 valence electrons. The lowest BCUT2D eigenvalue weighted by molar-refractivity contribution is 0.0567. The van der Waals surface area contributed by atoms with Crippen LogP contribution in [-0.2, 0) is 0 Å². The van der Waals surface area contributed by atoms with Gasteiger partial charge >= 0.3 is 0 Å². The maximum Gasteiger partial charge on any atom is 0.0654 e. The second-order valence-electron chi connectivity index (χ2n) is 4.43. The normalized spacial score (nSPS) is 16.1. The van der Waals surface area contributed by atoms with Gasteiger partial charge in [0.05, 0.1) is 5.60 Å². The van der Waals surface area contributed by atoms with Crippen molar-refractivity contribution >= 4 is 6.08 Å². The Bertz CT molecular complexity index is 322. The van der Waals surface area contributed by atoms with Gasteiger partial charge < -0.3 is 5.11 Å². The van der Waals surface area contributed by atoms with Crippen LogP contribution in [0, 0.1) is 0 Å². The van der Waals surface area contributed by atoms with Crippen LogP contribution >= 0.6 is 0 Å². The van der Waals surface area contributed by atoms with E-state index in [2.05, 4.69) is 25.1 Å². The molecule has 0 saturated carbocycles. The fourth-order valence-electron chi connectivity index (χ4n) is 1.61. The summed E-state index contributed by atoms with van der Waals surface area (Å²) in [4.78, 5) is 0. The topological polar surface area (TPSA) is 20.2 Å². The minimum absolute atomic E-state index is 0.574. The number of hydrogen-bond donors (Lipinski definition) is 1. The van der Waals surface area contributed by atoms with Crippen molar-refractivity contribution in [2.45, 2.75) is 39.2 Å². The molecule has 1 N–H and O–H groups in total. The van der Waals surface area contributed by atoms with E-state index in [4.69, 9.17) is 0 Å². The number of aliphatic hydroxyl groups is 1. The van der Waals surface area contributed by atoms with E-state index in [0.717, 1.165) is 12.8 Å². The quantitative estimate of drug-likeness (QED) is 0.794. The van der Waals surface area contributed by atoms with Gasteiger partial charge in [-0.3, -0.25) is 0 Å². The van der Waals surface area contributed by atoms with Crippen LogP contribution in [0.15, 0.2) is 35.9 Å². The zero-order valence-electron chi connectivity index (χ0n) is 9.83. The third kappa shape index (κ3) is 4.30. The van der Waals surface area contributed by atoms with Crippen molar-refractivity contribution in [2.75, 3.05) is 0 Å². The van der Waals surface area contributed by atoms with E-state index in [0.29, 0.717) is 0 Å². The monoisotopic (exact) mass is 204 g/mol. The van der Waals surface area contributed by atoms with Crippen LogP contribution in [0.3, 0.4) is 0 Å². The molecule has 0 aromatic heterocycles. The molecular formula is C14H20O. The number of benzene rings is 1. The van der Waals surface area contributed by atoms with Gasteiger partial charge in [0, 0.05) is 0 Å². The lowest BCUT2D eigenvalue weighted by Crippen LogP contribution is -2.22. The van der Waals surface area contributed by atoms with E-state index >= 15 is 0 Å². The summed E-state index contributed by atoms with van der Waals surface area (Å²) < 4.78 is 0. The highest BCUT2D eigenvalue weighted by Crippen LogP contribution is 2.20. The van der Waals surface area contributed by atoms with Crippen LogP contribution in [0.1, 0.15) is 39.2 Å². The molecule has 1 rings (SSSR count). The summed E-state index contributed by atoms with van der Waals surface area (Å²) in [6, 6.07) is 10.2. The Morgan fingerprint density at radius 1 is 1.33 bits per heavy atom. The molecule has 1 aromatic rings. The molecule has 0 fully saturated rings. The van der Waals surface area contributed by atoms with Crippen LogP contribution in [0.2, 0.25) is 0 Å². The Morgan fingerprint density at radius 2 is 1.93 bits per heavy atom. The molecule has 0 amide bonds. The van der Waals surface area contributed by atoms with Crippen LogP contribution in [0.5, 0.6) is 0 Å². The Kier molecular flexibility index (Phi) is 4.10.